The summed E-state index contributed by atoms with van der Waals surface area (Å²) >= 11 is 0. The van der Waals surface area contributed by atoms with E-state index in [1.165, 1.54) is 38.4 Å². The molecule has 2 rings (SSSR count). The van der Waals surface area contributed by atoms with Crippen molar-refractivity contribution < 1.29 is 27.5 Å². The number of methoxy groups -OCH3 is 1. The number of sulfonamides is 1. The molecule has 9 heteroatoms. The lowest BCUT2D eigenvalue weighted by Crippen LogP contribution is -2.21. The molecule has 0 unspecified atom stereocenters. The van der Waals surface area contributed by atoms with Crippen LogP contribution in [0.25, 0.3) is 0 Å². The van der Waals surface area contributed by atoms with Crippen LogP contribution >= 0.6 is 0 Å². The monoisotopic (exact) mass is 378 g/mol. The fourth-order valence-corrected chi connectivity index (χ4v) is 2.73. The Morgan fingerprint density at radius 1 is 1.08 bits per heavy atom. The quantitative estimate of drug-likeness (QED) is 0.705. The average molecular weight is 378 g/mol. The number of benzene rings is 2. The SMILES string of the molecule is CNS(=O)(=O)c1ccc(C(=O)OCC(=O)Nc2cccc(OC)c2)cc1. The summed E-state index contributed by atoms with van der Waals surface area (Å²) < 4.78 is 35.4. The van der Waals surface area contributed by atoms with Gasteiger partial charge >= 0.3 is 5.97 Å². The Labute approximate surface area is 151 Å². The Morgan fingerprint density at radius 2 is 1.77 bits per heavy atom. The molecular formula is C17H18N2O6S. The highest BCUT2D eigenvalue weighted by Crippen LogP contribution is 2.16. The molecule has 0 fully saturated rings. The predicted octanol–water partition coefficient (Wildman–Crippen LogP) is 1.40. The Hall–Kier alpha value is -2.91. The van der Waals surface area contributed by atoms with Crippen molar-refractivity contribution in [3.63, 3.8) is 0 Å². The zero-order chi connectivity index (χ0) is 19.2. The second-order valence-corrected chi connectivity index (χ2v) is 6.97. The predicted molar refractivity (Wildman–Crippen MR) is 94.6 cm³/mol. The number of nitrogens with one attached hydrogen (secondary N) is 2. The number of amides is 1. The van der Waals surface area contributed by atoms with E-state index in [1.807, 2.05) is 0 Å². The summed E-state index contributed by atoms with van der Waals surface area (Å²) in [5, 5.41) is 2.58. The highest BCUT2D eigenvalue weighted by Gasteiger charge is 2.14. The zero-order valence-corrected chi connectivity index (χ0v) is 15.0. The first-order valence-electron chi connectivity index (χ1n) is 7.50. The molecule has 0 radical (unpaired) electrons. The largest absolute Gasteiger partial charge is 0.497 e. The number of carbonyl (C=O) groups is 2. The van der Waals surface area contributed by atoms with Gasteiger partial charge in [-0.05, 0) is 43.4 Å². The van der Waals surface area contributed by atoms with Gasteiger partial charge in [0.15, 0.2) is 6.61 Å². The average Bonchev–Trinajstić information content (AvgIpc) is 2.66. The molecule has 0 aliphatic carbocycles. The molecule has 0 spiro atoms. The van der Waals surface area contributed by atoms with Crippen molar-refractivity contribution >= 4 is 27.6 Å². The van der Waals surface area contributed by atoms with E-state index in [0.717, 1.165) is 0 Å². The van der Waals surface area contributed by atoms with Gasteiger partial charge in [0.1, 0.15) is 5.75 Å². The van der Waals surface area contributed by atoms with Crippen molar-refractivity contribution in [3.8, 4) is 5.75 Å². The zero-order valence-electron chi connectivity index (χ0n) is 14.2. The van der Waals surface area contributed by atoms with Gasteiger partial charge in [-0.2, -0.15) is 0 Å². The van der Waals surface area contributed by atoms with Crippen LogP contribution in [0.4, 0.5) is 5.69 Å². The molecule has 138 valence electrons. The summed E-state index contributed by atoms with van der Waals surface area (Å²) in [5.74, 6) is -0.670. The van der Waals surface area contributed by atoms with Crippen molar-refractivity contribution in [2.45, 2.75) is 4.90 Å². The third-order valence-corrected chi connectivity index (χ3v) is 4.79. The number of hydrogen-bond acceptors (Lipinski definition) is 6. The third-order valence-electron chi connectivity index (χ3n) is 3.36. The van der Waals surface area contributed by atoms with Gasteiger partial charge in [-0.25, -0.2) is 17.9 Å². The van der Waals surface area contributed by atoms with E-state index in [9.17, 15) is 18.0 Å². The maximum Gasteiger partial charge on any atom is 0.338 e. The van der Waals surface area contributed by atoms with Gasteiger partial charge in [0.25, 0.3) is 5.91 Å². The Bertz CT molecular complexity index is 894. The summed E-state index contributed by atoms with van der Waals surface area (Å²) in [7, 11) is -0.783. The van der Waals surface area contributed by atoms with Crippen LogP contribution in [0, 0.1) is 0 Å². The smallest absolute Gasteiger partial charge is 0.338 e. The second-order valence-electron chi connectivity index (χ2n) is 5.09. The van der Waals surface area contributed by atoms with Gasteiger partial charge in [0, 0.05) is 11.8 Å². The van der Waals surface area contributed by atoms with Crippen molar-refractivity contribution in [3.05, 3.63) is 54.1 Å². The number of rotatable bonds is 7. The lowest BCUT2D eigenvalue weighted by atomic mass is 10.2. The molecule has 2 aromatic rings. The van der Waals surface area contributed by atoms with Crippen molar-refractivity contribution in [2.75, 3.05) is 26.1 Å². The summed E-state index contributed by atoms with van der Waals surface area (Å²) in [6, 6.07) is 11.9. The topological polar surface area (TPSA) is 111 Å². The van der Waals surface area contributed by atoms with E-state index in [2.05, 4.69) is 10.0 Å². The molecule has 0 aromatic heterocycles. The van der Waals surface area contributed by atoms with Crippen LogP contribution in [0.2, 0.25) is 0 Å². The summed E-state index contributed by atoms with van der Waals surface area (Å²) in [6.07, 6.45) is 0. The molecular weight excluding hydrogens is 360 g/mol. The lowest BCUT2D eigenvalue weighted by Gasteiger charge is -2.08. The van der Waals surface area contributed by atoms with E-state index in [0.29, 0.717) is 11.4 Å². The maximum absolute atomic E-state index is 11.9. The normalized spacial score (nSPS) is 10.8. The highest BCUT2D eigenvalue weighted by atomic mass is 32.2. The fourth-order valence-electron chi connectivity index (χ4n) is 2.00. The Balaban J connectivity index is 1.92. The van der Waals surface area contributed by atoms with Gasteiger partial charge in [0.2, 0.25) is 10.0 Å². The van der Waals surface area contributed by atoms with Gasteiger partial charge in [-0.1, -0.05) is 6.07 Å². The van der Waals surface area contributed by atoms with E-state index >= 15 is 0 Å². The lowest BCUT2D eigenvalue weighted by molar-refractivity contribution is -0.119. The molecule has 2 aromatic carbocycles. The van der Waals surface area contributed by atoms with Crippen molar-refractivity contribution in [1.29, 1.82) is 0 Å². The highest BCUT2D eigenvalue weighted by molar-refractivity contribution is 7.89. The van der Waals surface area contributed by atoms with E-state index in [4.69, 9.17) is 9.47 Å². The third kappa shape index (κ3) is 5.04. The maximum atomic E-state index is 11.9. The summed E-state index contributed by atoms with van der Waals surface area (Å²) in [4.78, 5) is 23.8. The standard InChI is InChI=1S/C17H18N2O6S/c1-18-26(22,23)15-8-6-12(7-9-15)17(21)25-11-16(20)19-13-4-3-5-14(10-13)24-2/h3-10,18H,11H2,1-2H3,(H,19,20). The molecule has 8 nitrogen and oxygen atoms in total. The second kappa shape index (κ2) is 8.45. The first kappa shape index (κ1) is 19.4. The minimum Gasteiger partial charge on any atom is -0.497 e. The van der Waals surface area contributed by atoms with Crippen molar-refractivity contribution in [2.24, 2.45) is 0 Å². The molecule has 26 heavy (non-hydrogen) atoms. The Morgan fingerprint density at radius 3 is 2.38 bits per heavy atom. The minimum absolute atomic E-state index is 0.0207. The van der Waals surface area contributed by atoms with Crippen LogP contribution in [-0.2, 0) is 19.6 Å². The van der Waals surface area contributed by atoms with Crippen LogP contribution in [0.5, 0.6) is 5.75 Å². The first-order valence-corrected chi connectivity index (χ1v) is 8.98. The Kier molecular flexibility index (Phi) is 6.31. The van der Waals surface area contributed by atoms with Gasteiger partial charge in [0.05, 0.1) is 17.6 Å². The van der Waals surface area contributed by atoms with E-state index in [1.54, 1.807) is 24.3 Å². The van der Waals surface area contributed by atoms with Crippen LogP contribution in [0.15, 0.2) is 53.4 Å². The molecule has 0 aliphatic heterocycles. The number of hydrogen-bond donors (Lipinski definition) is 2. The minimum atomic E-state index is -3.58. The van der Waals surface area contributed by atoms with Crippen LogP contribution in [0.3, 0.4) is 0 Å². The van der Waals surface area contributed by atoms with Crippen LogP contribution < -0.4 is 14.8 Å². The molecule has 0 atom stereocenters. The molecule has 0 saturated heterocycles. The summed E-state index contributed by atoms with van der Waals surface area (Å²) in [6.45, 7) is -0.480. The van der Waals surface area contributed by atoms with Gasteiger partial charge in [-0.15, -0.1) is 0 Å². The number of anilines is 1. The van der Waals surface area contributed by atoms with E-state index < -0.39 is 28.5 Å². The molecule has 0 bridgehead atoms. The van der Waals surface area contributed by atoms with Crippen LogP contribution in [-0.4, -0.2) is 41.1 Å². The van der Waals surface area contributed by atoms with Gasteiger partial charge in [-0.3, -0.25) is 4.79 Å². The molecule has 1 amide bonds. The number of carbonyl (C=O) groups excluding carboxylic acids is 2. The fraction of sp³-hybridized carbons (Fsp3) is 0.176. The molecule has 2 N–H and O–H groups in total. The number of esters is 1. The van der Waals surface area contributed by atoms with Gasteiger partial charge < -0.3 is 14.8 Å². The first-order chi connectivity index (χ1) is 12.4. The summed E-state index contributed by atoms with van der Waals surface area (Å²) in [5.41, 5.74) is 0.640. The number of ether oxygens (including phenoxy) is 2. The van der Waals surface area contributed by atoms with Crippen LogP contribution in [0.1, 0.15) is 10.4 Å². The molecule has 0 saturated carbocycles. The van der Waals surface area contributed by atoms with E-state index in [-0.39, 0.29) is 10.5 Å². The van der Waals surface area contributed by atoms with Crippen molar-refractivity contribution in [1.82, 2.24) is 4.72 Å². The molecule has 0 heterocycles. The molecule has 0 aliphatic rings.